The molecule has 5 N–H and O–H groups in total. The average Bonchev–Trinajstić information content (AvgIpc) is 3.02. The van der Waals surface area contributed by atoms with Gasteiger partial charge in [0.25, 0.3) is 11.8 Å². The van der Waals surface area contributed by atoms with Crippen LogP contribution in [-0.2, 0) is 6.61 Å². The maximum atomic E-state index is 14.0. The molecule has 0 saturated heterocycles. The largest absolute Gasteiger partial charge is 0.488 e. The quantitative estimate of drug-likeness (QED) is 0.171. The molecule has 0 fully saturated rings. The number of halogens is 1. The van der Waals surface area contributed by atoms with Gasteiger partial charge in [-0.25, -0.2) is 14.8 Å². The maximum absolute atomic E-state index is 14.0. The number of pyridine rings is 2. The number of nitrogens with two attached hydrogens (primary N) is 1. The molecule has 1 aliphatic rings. The molecule has 0 aliphatic carbocycles. The molecule has 1 aliphatic heterocycles. The molecule has 2 aromatic heterocycles. The highest BCUT2D eigenvalue weighted by molar-refractivity contribution is 6.31. The first-order valence-corrected chi connectivity index (χ1v) is 14.2. The third-order valence-corrected chi connectivity index (χ3v) is 7.55. The van der Waals surface area contributed by atoms with Crippen LogP contribution in [0.4, 0.5) is 11.5 Å². The van der Waals surface area contributed by atoms with Gasteiger partial charge in [0.1, 0.15) is 23.9 Å². The van der Waals surface area contributed by atoms with E-state index in [4.69, 9.17) is 22.1 Å². The van der Waals surface area contributed by atoms with E-state index in [-0.39, 0.29) is 29.1 Å². The maximum Gasteiger partial charge on any atom is 0.355 e. The first kappa shape index (κ1) is 28.6. The number of carboxylic acid groups (broad SMARTS) is 1. The Balaban J connectivity index is 1.50. The molecule has 3 aromatic carbocycles. The molecule has 0 radical (unpaired) electrons. The summed E-state index contributed by atoms with van der Waals surface area (Å²) in [6, 6.07) is 18.7. The van der Waals surface area contributed by atoms with Crippen LogP contribution in [0.25, 0.3) is 33.0 Å². The number of carbonyl (C=O) groups is 3. The van der Waals surface area contributed by atoms with Gasteiger partial charge in [-0.3, -0.25) is 9.59 Å². The van der Waals surface area contributed by atoms with Crippen LogP contribution in [0, 0.1) is 0 Å². The lowest BCUT2D eigenvalue weighted by molar-refractivity contribution is 0.0691. The highest BCUT2D eigenvalue weighted by Gasteiger charge is 2.26. The lowest BCUT2D eigenvalue weighted by Crippen LogP contribution is -2.25. The Morgan fingerprint density at radius 3 is 2.59 bits per heavy atom. The van der Waals surface area contributed by atoms with Gasteiger partial charge in [-0.15, -0.1) is 0 Å². The van der Waals surface area contributed by atoms with E-state index >= 15 is 0 Å². The lowest BCUT2D eigenvalue weighted by atomic mass is 9.88. The molecule has 44 heavy (non-hydrogen) atoms. The number of aromatic nitrogens is 2. The Morgan fingerprint density at radius 2 is 1.80 bits per heavy atom. The molecule has 0 saturated carbocycles. The zero-order chi connectivity index (χ0) is 31.0. The zero-order valence-electron chi connectivity index (χ0n) is 23.5. The molecule has 6 rings (SSSR count). The highest BCUT2D eigenvalue weighted by Crippen LogP contribution is 2.42. The van der Waals surface area contributed by atoms with Crippen molar-refractivity contribution in [1.82, 2.24) is 15.3 Å². The van der Waals surface area contributed by atoms with Crippen LogP contribution in [0.5, 0.6) is 5.75 Å². The second-order valence-corrected chi connectivity index (χ2v) is 10.7. The summed E-state index contributed by atoms with van der Waals surface area (Å²) in [7, 11) is 0. The Bertz CT molecular complexity index is 1990. The summed E-state index contributed by atoms with van der Waals surface area (Å²) in [6.45, 7) is 2.51. The predicted octanol–water partition coefficient (Wildman–Crippen LogP) is 6.18. The van der Waals surface area contributed by atoms with Crippen molar-refractivity contribution >= 4 is 51.7 Å². The number of nitrogen functional groups attached to an aromatic ring is 1. The number of fused-ring (bicyclic) bond motifs is 4. The minimum atomic E-state index is -1.34. The Kier molecular flexibility index (Phi) is 7.59. The normalized spacial score (nSPS) is 11.7. The van der Waals surface area contributed by atoms with Crippen LogP contribution in [-0.4, -0.2) is 39.4 Å². The van der Waals surface area contributed by atoms with Crippen molar-refractivity contribution in [2.24, 2.45) is 0 Å². The SMILES string of the molecule is CCCNC(=O)c1ccc(-c2cc3c(cc2C(=O)Nc2ccc4c(N)nccc4c2)-c2cc(Cl)ccc2OC3)c(C(=O)O)n1. The van der Waals surface area contributed by atoms with Gasteiger partial charge in [-0.1, -0.05) is 18.5 Å². The molecule has 3 heterocycles. The summed E-state index contributed by atoms with van der Waals surface area (Å²) in [5.41, 5.74) is 8.92. The third kappa shape index (κ3) is 5.38. The molecule has 220 valence electrons. The number of hydrogen-bond donors (Lipinski definition) is 4. The van der Waals surface area contributed by atoms with Gasteiger partial charge in [-0.05, 0) is 95.2 Å². The van der Waals surface area contributed by atoms with Crippen LogP contribution in [0.2, 0.25) is 5.02 Å². The summed E-state index contributed by atoms with van der Waals surface area (Å²) in [5.74, 6) is -1.34. The van der Waals surface area contributed by atoms with Crippen molar-refractivity contribution < 1.29 is 24.2 Å². The fraction of sp³-hybridized carbons (Fsp3) is 0.121. The van der Waals surface area contributed by atoms with E-state index in [1.54, 1.807) is 60.8 Å². The minimum Gasteiger partial charge on any atom is -0.488 e. The van der Waals surface area contributed by atoms with Crippen molar-refractivity contribution in [3.05, 3.63) is 100 Å². The Labute approximate surface area is 256 Å². The number of benzene rings is 3. The van der Waals surface area contributed by atoms with E-state index in [2.05, 4.69) is 20.6 Å². The third-order valence-electron chi connectivity index (χ3n) is 7.31. The van der Waals surface area contributed by atoms with Gasteiger partial charge >= 0.3 is 5.97 Å². The fourth-order valence-electron chi connectivity index (χ4n) is 5.19. The highest BCUT2D eigenvalue weighted by atomic mass is 35.5. The van der Waals surface area contributed by atoms with Gasteiger partial charge in [-0.2, -0.15) is 0 Å². The lowest BCUT2D eigenvalue weighted by Gasteiger charge is -2.24. The van der Waals surface area contributed by atoms with Crippen molar-refractivity contribution in [2.45, 2.75) is 20.0 Å². The van der Waals surface area contributed by atoms with E-state index in [0.717, 1.165) is 21.9 Å². The van der Waals surface area contributed by atoms with Crippen LogP contribution in [0.15, 0.2) is 72.9 Å². The number of nitrogens with one attached hydrogen (secondary N) is 2. The van der Waals surface area contributed by atoms with E-state index in [1.165, 1.54) is 12.1 Å². The average molecular weight is 608 g/mol. The molecule has 0 atom stereocenters. The Morgan fingerprint density at radius 1 is 0.955 bits per heavy atom. The van der Waals surface area contributed by atoms with Crippen molar-refractivity contribution in [1.29, 1.82) is 0 Å². The number of anilines is 2. The van der Waals surface area contributed by atoms with Crippen LogP contribution >= 0.6 is 11.6 Å². The molecule has 10 nitrogen and oxygen atoms in total. The van der Waals surface area contributed by atoms with E-state index in [0.29, 0.717) is 46.4 Å². The summed E-state index contributed by atoms with van der Waals surface area (Å²) in [4.78, 5) is 47.3. The number of rotatable bonds is 7. The van der Waals surface area contributed by atoms with Crippen LogP contribution < -0.4 is 21.1 Å². The number of hydrogen-bond acceptors (Lipinski definition) is 7. The number of carboxylic acids is 1. The minimum absolute atomic E-state index is 0.0413. The van der Waals surface area contributed by atoms with E-state index in [1.807, 2.05) is 6.92 Å². The van der Waals surface area contributed by atoms with Gasteiger partial charge in [0.15, 0.2) is 5.69 Å². The molecule has 0 unspecified atom stereocenters. The summed E-state index contributed by atoms with van der Waals surface area (Å²) < 4.78 is 5.95. The second-order valence-electron chi connectivity index (χ2n) is 10.2. The summed E-state index contributed by atoms with van der Waals surface area (Å²) in [6.07, 6.45) is 2.29. The molecular formula is C33H26ClN5O5. The molecule has 2 amide bonds. The number of ether oxygens (including phenoxy) is 1. The van der Waals surface area contributed by atoms with E-state index in [9.17, 15) is 19.5 Å². The monoisotopic (exact) mass is 607 g/mol. The Hall–Kier alpha value is -5.48. The summed E-state index contributed by atoms with van der Waals surface area (Å²) >= 11 is 6.31. The van der Waals surface area contributed by atoms with Crippen molar-refractivity contribution in [3.63, 3.8) is 0 Å². The first-order valence-electron chi connectivity index (χ1n) is 13.8. The van der Waals surface area contributed by atoms with Crippen molar-refractivity contribution in [3.8, 4) is 28.0 Å². The topological polar surface area (TPSA) is 157 Å². The molecule has 5 aromatic rings. The molecule has 11 heteroatoms. The molecular weight excluding hydrogens is 582 g/mol. The first-order chi connectivity index (χ1) is 21.2. The second kappa shape index (κ2) is 11.7. The van der Waals surface area contributed by atoms with Gasteiger partial charge in [0.2, 0.25) is 0 Å². The van der Waals surface area contributed by atoms with Crippen LogP contribution in [0.1, 0.15) is 50.2 Å². The van der Waals surface area contributed by atoms with E-state index < -0.39 is 17.8 Å². The zero-order valence-corrected chi connectivity index (χ0v) is 24.2. The van der Waals surface area contributed by atoms with Gasteiger partial charge in [0, 0.05) is 45.5 Å². The van der Waals surface area contributed by atoms with Gasteiger partial charge in [0.05, 0.1) is 0 Å². The van der Waals surface area contributed by atoms with Crippen molar-refractivity contribution in [2.75, 3.05) is 17.6 Å². The number of amides is 2. The number of nitrogens with zero attached hydrogens (tertiary/aromatic N) is 2. The summed E-state index contributed by atoms with van der Waals surface area (Å²) in [5, 5.41) is 17.8. The number of aromatic carboxylic acids is 1. The smallest absolute Gasteiger partial charge is 0.355 e. The predicted molar refractivity (Wildman–Crippen MR) is 168 cm³/mol. The number of carbonyl (C=O) groups excluding carboxylic acids is 2. The molecule has 0 spiro atoms. The van der Waals surface area contributed by atoms with Gasteiger partial charge < -0.3 is 26.2 Å². The fourth-order valence-corrected chi connectivity index (χ4v) is 5.36. The molecule has 0 bridgehead atoms. The standard InChI is InChI=1S/C33H26ClN5O5/c1-2-10-37-32(41)27-7-6-22(29(39-27)33(42)43)24-13-18-16-44-28-8-3-19(34)14-25(28)23(18)15-26(24)31(40)38-20-4-5-21-17(12-20)9-11-36-30(21)35/h3-9,11-15H,2,10,16H2,1H3,(H2,35,36)(H,37,41)(H,38,40)(H,42,43). The van der Waals surface area contributed by atoms with Crippen LogP contribution in [0.3, 0.4) is 0 Å².